The van der Waals surface area contributed by atoms with E-state index in [1.807, 2.05) is 70.4 Å². The van der Waals surface area contributed by atoms with Crippen LogP contribution in [-0.4, -0.2) is 47.2 Å². The molecule has 1 aromatic carbocycles. The number of methoxy groups -OCH3 is 1. The molecule has 0 atom stereocenters. The molecule has 2 N–H and O–H groups in total. The van der Waals surface area contributed by atoms with Crippen LogP contribution < -0.4 is 15.6 Å². The first kappa shape index (κ1) is 27.1. The molecule has 1 aromatic heterocycles. The number of aromatic nitrogens is 2. The Labute approximate surface area is 207 Å². The van der Waals surface area contributed by atoms with Crippen molar-refractivity contribution in [2.75, 3.05) is 20.8 Å². The Hall–Kier alpha value is -4.11. The normalized spacial score (nSPS) is 12.6. The zero-order valence-corrected chi connectivity index (χ0v) is 21.2. The number of ether oxygens (including phenoxy) is 1. The number of aliphatic imine (C=N–C) groups is 1. The number of allylic oxidation sites excluding steroid dienone is 5. The van der Waals surface area contributed by atoms with Crippen LogP contribution in [0.25, 0.3) is 11.3 Å². The minimum atomic E-state index is -0.466. The summed E-state index contributed by atoms with van der Waals surface area (Å²) in [6.07, 6.45) is 10.6. The van der Waals surface area contributed by atoms with Gasteiger partial charge in [-0.2, -0.15) is 5.10 Å². The number of carbonyl (C=O) groups is 1. The summed E-state index contributed by atoms with van der Waals surface area (Å²) >= 11 is 0. The lowest BCUT2D eigenvalue weighted by molar-refractivity contribution is -0.128. The number of aryl methyl sites for hydroxylation is 1. The molecule has 0 aliphatic rings. The van der Waals surface area contributed by atoms with Crippen molar-refractivity contribution < 1.29 is 14.4 Å². The molecule has 0 unspecified atom stereocenters. The molecule has 9 heteroatoms. The lowest BCUT2D eigenvalue weighted by Gasteiger charge is -2.20. The molecule has 1 heterocycles. The summed E-state index contributed by atoms with van der Waals surface area (Å²) in [4.78, 5) is 22.7. The van der Waals surface area contributed by atoms with Crippen LogP contribution in [0.15, 0.2) is 83.8 Å². The minimum Gasteiger partial charge on any atom is -0.494 e. The molecule has 1 amide bonds. The average Bonchev–Trinajstić information content (AvgIpc) is 3.30. The highest BCUT2D eigenvalue weighted by Gasteiger charge is 2.17. The van der Waals surface area contributed by atoms with Crippen molar-refractivity contribution in [2.45, 2.75) is 20.8 Å². The fraction of sp³-hybridized carbons (Fsp3) is 0.269. The van der Waals surface area contributed by atoms with Crippen LogP contribution >= 0.6 is 0 Å². The third-order valence-electron chi connectivity index (χ3n) is 5.02. The first-order valence-corrected chi connectivity index (χ1v) is 11.2. The van der Waals surface area contributed by atoms with Gasteiger partial charge in [-0.25, -0.2) is 10.5 Å². The molecule has 0 radical (unpaired) electrons. The second kappa shape index (κ2) is 13.6. The molecule has 0 spiro atoms. The number of nitrogens with one attached hydrogen (secondary N) is 2. The summed E-state index contributed by atoms with van der Waals surface area (Å²) < 4.78 is 7.37. The largest absolute Gasteiger partial charge is 0.494 e. The van der Waals surface area contributed by atoms with Crippen molar-refractivity contribution in [3.05, 3.63) is 78.8 Å². The van der Waals surface area contributed by atoms with Gasteiger partial charge in [0.15, 0.2) is 0 Å². The molecule has 2 rings (SSSR count). The predicted molar refractivity (Wildman–Crippen MR) is 140 cm³/mol. The molecule has 186 valence electrons. The zero-order valence-electron chi connectivity index (χ0n) is 21.2. The monoisotopic (exact) mass is 478 g/mol. The van der Waals surface area contributed by atoms with Crippen molar-refractivity contribution in [1.29, 1.82) is 0 Å². The SMILES string of the molecule is C=CC(=Nc1ccc(-c2ccnn2C)cc1OC)C(=CNN(C)/C(C)=C\C=C/C)C(=O)NOCC. The Balaban J connectivity index is 2.47. The van der Waals surface area contributed by atoms with E-state index in [2.05, 4.69) is 27.6 Å². The Morgan fingerprint density at radius 2 is 2.11 bits per heavy atom. The van der Waals surface area contributed by atoms with E-state index in [4.69, 9.17) is 9.57 Å². The fourth-order valence-corrected chi connectivity index (χ4v) is 2.99. The maximum Gasteiger partial charge on any atom is 0.278 e. The zero-order chi connectivity index (χ0) is 25.8. The average molecular weight is 479 g/mol. The second-order valence-electron chi connectivity index (χ2n) is 7.37. The van der Waals surface area contributed by atoms with Gasteiger partial charge >= 0.3 is 0 Å². The summed E-state index contributed by atoms with van der Waals surface area (Å²) in [6.45, 7) is 9.85. The minimum absolute atomic E-state index is 0.233. The van der Waals surface area contributed by atoms with Gasteiger partial charge in [-0.3, -0.25) is 19.3 Å². The molecule has 0 aliphatic heterocycles. The predicted octanol–water partition coefficient (Wildman–Crippen LogP) is 4.22. The van der Waals surface area contributed by atoms with Crippen molar-refractivity contribution in [3.8, 4) is 17.0 Å². The van der Waals surface area contributed by atoms with Gasteiger partial charge in [0.05, 0.1) is 30.7 Å². The maximum absolute atomic E-state index is 12.9. The fourth-order valence-electron chi connectivity index (χ4n) is 2.99. The van der Waals surface area contributed by atoms with Gasteiger partial charge in [0, 0.05) is 37.8 Å². The third kappa shape index (κ3) is 7.44. The lowest BCUT2D eigenvalue weighted by atomic mass is 10.1. The van der Waals surface area contributed by atoms with Gasteiger partial charge in [0.1, 0.15) is 11.4 Å². The number of rotatable bonds is 12. The first-order chi connectivity index (χ1) is 16.9. The number of nitrogens with zero attached hydrogens (tertiary/aromatic N) is 4. The molecule has 0 saturated carbocycles. The summed E-state index contributed by atoms with van der Waals surface area (Å²) in [7, 11) is 5.29. The summed E-state index contributed by atoms with van der Waals surface area (Å²) in [5.41, 5.74) is 9.43. The Bertz CT molecular complexity index is 1140. The van der Waals surface area contributed by atoms with E-state index >= 15 is 0 Å². The number of amides is 1. The molecule has 0 aliphatic carbocycles. The van der Waals surface area contributed by atoms with E-state index in [1.54, 1.807) is 36.1 Å². The van der Waals surface area contributed by atoms with Crippen LogP contribution in [0.3, 0.4) is 0 Å². The van der Waals surface area contributed by atoms with E-state index < -0.39 is 5.91 Å². The molecular weight excluding hydrogens is 444 g/mol. The lowest BCUT2D eigenvalue weighted by Crippen LogP contribution is -2.33. The number of hydrogen-bond acceptors (Lipinski definition) is 7. The molecule has 9 nitrogen and oxygen atoms in total. The van der Waals surface area contributed by atoms with E-state index in [1.165, 1.54) is 6.08 Å². The molecule has 0 saturated heterocycles. The van der Waals surface area contributed by atoms with Crippen molar-refractivity contribution in [3.63, 3.8) is 0 Å². The topological polar surface area (TPSA) is 93.0 Å². The molecule has 0 bridgehead atoms. The third-order valence-corrected chi connectivity index (χ3v) is 5.02. The maximum atomic E-state index is 12.9. The van der Waals surface area contributed by atoms with Gasteiger partial charge in [0.25, 0.3) is 5.91 Å². The number of benzene rings is 1. The smallest absolute Gasteiger partial charge is 0.278 e. The van der Waals surface area contributed by atoms with Crippen molar-refractivity contribution in [1.82, 2.24) is 25.7 Å². The van der Waals surface area contributed by atoms with Crippen LogP contribution in [0.2, 0.25) is 0 Å². The number of carbonyl (C=O) groups excluding carboxylic acids is 1. The van der Waals surface area contributed by atoms with Crippen LogP contribution in [-0.2, 0) is 16.7 Å². The van der Waals surface area contributed by atoms with Crippen LogP contribution in [0.5, 0.6) is 5.75 Å². The van der Waals surface area contributed by atoms with Gasteiger partial charge < -0.3 is 10.2 Å². The highest BCUT2D eigenvalue weighted by Crippen LogP contribution is 2.33. The Morgan fingerprint density at radius 1 is 1.34 bits per heavy atom. The second-order valence-corrected chi connectivity index (χ2v) is 7.37. The van der Waals surface area contributed by atoms with E-state index in [-0.39, 0.29) is 5.57 Å². The van der Waals surface area contributed by atoms with Gasteiger partial charge in [-0.15, -0.1) is 0 Å². The molecular formula is C26H34N6O3. The number of hydrazine groups is 1. The van der Waals surface area contributed by atoms with Gasteiger partial charge in [0.2, 0.25) is 0 Å². The quantitative estimate of drug-likeness (QED) is 0.205. The van der Waals surface area contributed by atoms with Crippen LogP contribution in [0, 0.1) is 0 Å². The molecule has 0 fully saturated rings. The van der Waals surface area contributed by atoms with Crippen LogP contribution in [0.4, 0.5) is 5.69 Å². The van der Waals surface area contributed by atoms with E-state index in [0.29, 0.717) is 23.8 Å². The van der Waals surface area contributed by atoms with Crippen LogP contribution in [0.1, 0.15) is 20.8 Å². The first-order valence-electron chi connectivity index (χ1n) is 11.2. The Morgan fingerprint density at radius 3 is 2.71 bits per heavy atom. The van der Waals surface area contributed by atoms with Gasteiger partial charge in [-0.1, -0.05) is 24.8 Å². The number of hydroxylamine groups is 1. The van der Waals surface area contributed by atoms with E-state index in [0.717, 1.165) is 17.0 Å². The molecule has 2 aromatic rings. The van der Waals surface area contributed by atoms with Crippen molar-refractivity contribution in [2.24, 2.45) is 12.0 Å². The van der Waals surface area contributed by atoms with Crippen molar-refractivity contribution >= 4 is 17.3 Å². The standard InChI is InChI=1S/C26H34N6O3/c1-8-11-12-19(4)31(5)28-18-21(26(33)30-35-10-3)22(9-2)29-23-14-13-20(17-25(23)34-7)24-15-16-27-32(24)6/h8-9,11-18,28H,2,10H2,1,3-7H3,(H,30,33)/b11-8-,19-12-,21-18?,29-22?. The van der Waals surface area contributed by atoms with Gasteiger partial charge in [-0.05, 0) is 51.1 Å². The summed E-state index contributed by atoms with van der Waals surface area (Å²) in [6, 6.07) is 7.54. The highest BCUT2D eigenvalue weighted by molar-refractivity contribution is 6.26. The summed E-state index contributed by atoms with van der Waals surface area (Å²) in [5, 5.41) is 5.99. The molecule has 35 heavy (non-hydrogen) atoms. The Kier molecular flexibility index (Phi) is 10.5. The van der Waals surface area contributed by atoms with E-state index in [9.17, 15) is 4.79 Å². The highest BCUT2D eigenvalue weighted by atomic mass is 16.6. The number of hydrogen-bond donors (Lipinski definition) is 2. The summed E-state index contributed by atoms with van der Waals surface area (Å²) in [5.74, 6) is 0.0785.